The highest BCUT2D eigenvalue weighted by molar-refractivity contribution is 4.70. The van der Waals surface area contributed by atoms with Crippen molar-refractivity contribution in [3.05, 3.63) is 0 Å². The number of piperidine rings is 1. The summed E-state index contributed by atoms with van der Waals surface area (Å²) in [7, 11) is 0. The Morgan fingerprint density at radius 3 is 2.62 bits per heavy atom. The average molecular weight is 184 g/mol. The van der Waals surface area contributed by atoms with Gasteiger partial charge in [-0.2, -0.15) is 0 Å². The summed E-state index contributed by atoms with van der Waals surface area (Å²) in [5.74, 6) is 0.939. The van der Waals surface area contributed by atoms with Gasteiger partial charge in [0.15, 0.2) is 0 Å². The molecule has 1 rings (SSSR count). The van der Waals surface area contributed by atoms with Crippen molar-refractivity contribution < 1.29 is 0 Å². The van der Waals surface area contributed by atoms with Crippen LogP contribution in [-0.4, -0.2) is 37.6 Å². The molecule has 2 heteroatoms. The van der Waals surface area contributed by atoms with Crippen LogP contribution in [0.3, 0.4) is 0 Å². The zero-order chi connectivity index (χ0) is 9.52. The lowest BCUT2D eigenvalue weighted by Crippen LogP contribution is -2.33. The lowest BCUT2D eigenvalue weighted by atomic mass is 9.96. The van der Waals surface area contributed by atoms with Crippen LogP contribution in [0.15, 0.2) is 0 Å². The van der Waals surface area contributed by atoms with Crippen molar-refractivity contribution in [3.8, 4) is 0 Å². The van der Waals surface area contributed by atoms with E-state index in [2.05, 4.69) is 24.1 Å². The van der Waals surface area contributed by atoms with Crippen LogP contribution in [0.4, 0.5) is 0 Å². The van der Waals surface area contributed by atoms with Crippen molar-refractivity contribution >= 4 is 0 Å². The van der Waals surface area contributed by atoms with Gasteiger partial charge in [0.05, 0.1) is 0 Å². The van der Waals surface area contributed by atoms with Gasteiger partial charge < -0.3 is 10.2 Å². The van der Waals surface area contributed by atoms with Gasteiger partial charge in [0.25, 0.3) is 0 Å². The predicted molar refractivity (Wildman–Crippen MR) is 58.0 cm³/mol. The van der Waals surface area contributed by atoms with Crippen LogP contribution in [0.5, 0.6) is 0 Å². The summed E-state index contributed by atoms with van der Waals surface area (Å²) >= 11 is 0. The van der Waals surface area contributed by atoms with Gasteiger partial charge in [0.2, 0.25) is 0 Å². The van der Waals surface area contributed by atoms with E-state index in [1.54, 1.807) is 0 Å². The summed E-state index contributed by atoms with van der Waals surface area (Å²) in [4.78, 5) is 2.52. The predicted octanol–water partition coefficient (Wildman–Crippen LogP) is 1.72. The molecule has 1 atom stereocenters. The normalized spacial score (nSPS) is 23.8. The van der Waals surface area contributed by atoms with Crippen molar-refractivity contribution in [1.29, 1.82) is 0 Å². The van der Waals surface area contributed by atoms with Crippen molar-refractivity contribution in [1.82, 2.24) is 10.2 Å². The topological polar surface area (TPSA) is 15.3 Å². The van der Waals surface area contributed by atoms with Crippen LogP contribution in [0, 0.1) is 5.92 Å². The molecule has 13 heavy (non-hydrogen) atoms. The van der Waals surface area contributed by atoms with Gasteiger partial charge in [-0.1, -0.05) is 13.8 Å². The minimum Gasteiger partial charge on any atom is -0.316 e. The average Bonchev–Trinajstić information content (AvgIpc) is 2.21. The minimum atomic E-state index is 0.939. The Hall–Kier alpha value is -0.0800. The number of hydrogen-bond donors (Lipinski definition) is 1. The van der Waals surface area contributed by atoms with Gasteiger partial charge in [-0.3, -0.25) is 0 Å². The third-order valence-corrected chi connectivity index (χ3v) is 3.15. The molecular weight excluding hydrogens is 160 g/mol. The zero-order valence-electron chi connectivity index (χ0n) is 9.18. The Kier molecular flexibility index (Phi) is 5.40. The van der Waals surface area contributed by atoms with E-state index in [0.29, 0.717) is 0 Å². The van der Waals surface area contributed by atoms with Gasteiger partial charge >= 0.3 is 0 Å². The smallest absolute Gasteiger partial charge is 0.00159 e. The molecule has 0 aromatic rings. The summed E-state index contributed by atoms with van der Waals surface area (Å²) in [5.41, 5.74) is 0. The van der Waals surface area contributed by atoms with E-state index in [4.69, 9.17) is 0 Å². The van der Waals surface area contributed by atoms with Crippen LogP contribution in [0.1, 0.15) is 33.1 Å². The molecule has 78 valence electrons. The Morgan fingerprint density at radius 1 is 1.31 bits per heavy atom. The van der Waals surface area contributed by atoms with E-state index < -0.39 is 0 Å². The van der Waals surface area contributed by atoms with Crippen molar-refractivity contribution in [2.75, 3.05) is 32.7 Å². The van der Waals surface area contributed by atoms with Gasteiger partial charge in [-0.05, 0) is 57.9 Å². The SMILES string of the molecule is CCN(CC)CCC1CCCNC1. The highest BCUT2D eigenvalue weighted by Gasteiger charge is 2.13. The molecular formula is C11H24N2. The first kappa shape index (κ1) is 11.0. The molecule has 0 aromatic heterocycles. The molecule has 2 nitrogen and oxygen atoms in total. The summed E-state index contributed by atoms with van der Waals surface area (Å²) < 4.78 is 0. The second-order valence-corrected chi connectivity index (χ2v) is 4.03. The van der Waals surface area contributed by atoms with Gasteiger partial charge in [-0.15, -0.1) is 0 Å². The molecule has 1 unspecified atom stereocenters. The Labute approximate surface area is 82.7 Å². The third-order valence-electron chi connectivity index (χ3n) is 3.15. The molecule has 0 aliphatic carbocycles. The van der Waals surface area contributed by atoms with Crippen LogP contribution >= 0.6 is 0 Å². The lowest BCUT2D eigenvalue weighted by Gasteiger charge is -2.25. The number of nitrogens with one attached hydrogen (secondary N) is 1. The molecule has 1 heterocycles. The maximum atomic E-state index is 3.48. The molecule has 1 saturated heterocycles. The van der Waals surface area contributed by atoms with Crippen molar-refractivity contribution in [2.45, 2.75) is 33.1 Å². The molecule has 0 saturated carbocycles. The zero-order valence-corrected chi connectivity index (χ0v) is 9.18. The summed E-state index contributed by atoms with van der Waals surface area (Å²) in [6.45, 7) is 10.7. The fourth-order valence-electron chi connectivity index (χ4n) is 2.08. The first-order valence-electron chi connectivity index (χ1n) is 5.79. The van der Waals surface area contributed by atoms with Gasteiger partial charge in [0.1, 0.15) is 0 Å². The highest BCUT2D eigenvalue weighted by Crippen LogP contribution is 2.14. The molecule has 1 aliphatic heterocycles. The fourth-order valence-corrected chi connectivity index (χ4v) is 2.08. The molecule has 0 aromatic carbocycles. The third kappa shape index (κ3) is 4.10. The van der Waals surface area contributed by atoms with Gasteiger partial charge in [-0.25, -0.2) is 0 Å². The van der Waals surface area contributed by atoms with Crippen molar-refractivity contribution in [3.63, 3.8) is 0 Å². The molecule has 1 fully saturated rings. The second-order valence-electron chi connectivity index (χ2n) is 4.03. The molecule has 1 aliphatic rings. The molecule has 0 spiro atoms. The van der Waals surface area contributed by atoms with E-state index in [0.717, 1.165) is 5.92 Å². The van der Waals surface area contributed by atoms with Crippen molar-refractivity contribution in [2.24, 2.45) is 5.92 Å². The lowest BCUT2D eigenvalue weighted by molar-refractivity contribution is 0.255. The molecule has 0 radical (unpaired) electrons. The Morgan fingerprint density at radius 2 is 2.08 bits per heavy atom. The first-order chi connectivity index (χ1) is 6.36. The van der Waals surface area contributed by atoms with Crippen LogP contribution < -0.4 is 5.32 Å². The minimum absolute atomic E-state index is 0.939. The van der Waals surface area contributed by atoms with E-state index in [9.17, 15) is 0 Å². The number of nitrogens with zero attached hydrogens (tertiary/aromatic N) is 1. The highest BCUT2D eigenvalue weighted by atomic mass is 15.1. The molecule has 1 N–H and O–H groups in total. The van der Waals surface area contributed by atoms with Gasteiger partial charge in [0, 0.05) is 0 Å². The largest absolute Gasteiger partial charge is 0.316 e. The summed E-state index contributed by atoms with van der Waals surface area (Å²) in [6, 6.07) is 0. The standard InChI is InChI=1S/C11H24N2/c1-3-13(4-2)9-7-11-6-5-8-12-10-11/h11-12H,3-10H2,1-2H3. The fraction of sp³-hybridized carbons (Fsp3) is 1.00. The summed E-state index contributed by atoms with van der Waals surface area (Å²) in [5, 5.41) is 3.48. The van der Waals surface area contributed by atoms with E-state index >= 15 is 0 Å². The van der Waals surface area contributed by atoms with E-state index in [1.807, 2.05) is 0 Å². The van der Waals surface area contributed by atoms with Crippen LogP contribution in [-0.2, 0) is 0 Å². The number of hydrogen-bond acceptors (Lipinski definition) is 2. The maximum Gasteiger partial charge on any atom is -0.00159 e. The monoisotopic (exact) mass is 184 g/mol. The Balaban J connectivity index is 2.09. The van der Waals surface area contributed by atoms with Crippen LogP contribution in [0.2, 0.25) is 0 Å². The molecule has 0 bridgehead atoms. The van der Waals surface area contributed by atoms with E-state index in [1.165, 1.54) is 52.0 Å². The quantitative estimate of drug-likeness (QED) is 0.700. The summed E-state index contributed by atoms with van der Waals surface area (Å²) in [6.07, 6.45) is 4.20. The van der Waals surface area contributed by atoms with E-state index in [-0.39, 0.29) is 0 Å². The number of rotatable bonds is 5. The first-order valence-corrected chi connectivity index (χ1v) is 5.79. The maximum absolute atomic E-state index is 3.48. The molecule has 0 amide bonds. The second kappa shape index (κ2) is 6.39. The van der Waals surface area contributed by atoms with Crippen LogP contribution in [0.25, 0.3) is 0 Å². The Bertz CT molecular complexity index is 115.